The van der Waals surface area contributed by atoms with Crippen LogP contribution in [0.4, 0.5) is 0 Å². The fourth-order valence-corrected chi connectivity index (χ4v) is 7.28. The number of aryl methyl sites for hydroxylation is 1. The average molecular weight is 404 g/mol. The number of amides is 1. The summed E-state index contributed by atoms with van der Waals surface area (Å²) in [6.45, 7) is 12.2. The first-order chi connectivity index (χ1) is 12.7. The summed E-state index contributed by atoms with van der Waals surface area (Å²) in [6.07, 6.45) is 6.12. The predicted octanol–water partition coefficient (Wildman–Crippen LogP) is 5.16. The van der Waals surface area contributed by atoms with E-state index >= 15 is 0 Å². The number of thioether (sulfide) groups is 1. The Bertz CT molecular complexity index is 877. The van der Waals surface area contributed by atoms with Gasteiger partial charge in [0.15, 0.2) is 0 Å². The van der Waals surface area contributed by atoms with Crippen molar-refractivity contribution in [3.05, 3.63) is 17.3 Å². The monoisotopic (exact) mass is 403 g/mol. The Morgan fingerprint density at radius 1 is 1.37 bits per heavy atom. The van der Waals surface area contributed by atoms with Crippen LogP contribution in [0.1, 0.15) is 58.8 Å². The summed E-state index contributed by atoms with van der Waals surface area (Å²) < 4.78 is 0. The molecule has 3 atom stereocenters. The van der Waals surface area contributed by atoms with E-state index in [1.54, 1.807) is 29.4 Å². The molecule has 3 unspecified atom stereocenters. The second-order valence-electron chi connectivity index (χ2n) is 9.40. The summed E-state index contributed by atoms with van der Waals surface area (Å²) in [6, 6.07) is 2.58. The van der Waals surface area contributed by atoms with Crippen molar-refractivity contribution in [2.75, 3.05) is 6.54 Å². The molecule has 0 radical (unpaired) electrons. The van der Waals surface area contributed by atoms with Gasteiger partial charge in [0.05, 0.1) is 5.25 Å². The molecule has 146 valence electrons. The van der Waals surface area contributed by atoms with Crippen molar-refractivity contribution in [1.82, 2.24) is 14.9 Å². The molecule has 1 aliphatic carbocycles. The molecule has 2 aromatic heterocycles. The molecule has 6 heteroatoms. The van der Waals surface area contributed by atoms with Crippen LogP contribution < -0.4 is 0 Å². The van der Waals surface area contributed by atoms with E-state index in [1.165, 1.54) is 11.3 Å². The van der Waals surface area contributed by atoms with Gasteiger partial charge in [-0.25, -0.2) is 9.97 Å². The number of carbonyl (C=O) groups is 1. The van der Waals surface area contributed by atoms with Gasteiger partial charge in [0, 0.05) is 22.8 Å². The highest BCUT2D eigenvalue weighted by Gasteiger charge is 2.51. The third kappa shape index (κ3) is 3.63. The zero-order valence-electron chi connectivity index (χ0n) is 16.9. The van der Waals surface area contributed by atoms with Gasteiger partial charge in [-0.2, -0.15) is 0 Å². The molecule has 1 amide bonds. The maximum Gasteiger partial charge on any atom is 0.236 e. The third-order valence-corrected chi connectivity index (χ3v) is 8.32. The highest BCUT2D eigenvalue weighted by atomic mass is 32.2. The number of fused-ring (bicyclic) bond motifs is 3. The maximum atomic E-state index is 13.3. The van der Waals surface area contributed by atoms with Gasteiger partial charge in [-0.05, 0) is 49.5 Å². The number of nitrogens with zero attached hydrogens (tertiary/aromatic N) is 3. The molecule has 3 heterocycles. The van der Waals surface area contributed by atoms with Gasteiger partial charge in [0.2, 0.25) is 5.91 Å². The van der Waals surface area contributed by atoms with Gasteiger partial charge < -0.3 is 4.90 Å². The van der Waals surface area contributed by atoms with Gasteiger partial charge >= 0.3 is 0 Å². The van der Waals surface area contributed by atoms with Crippen molar-refractivity contribution in [3.63, 3.8) is 0 Å². The van der Waals surface area contributed by atoms with Gasteiger partial charge in [0.1, 0.15) is 16.2 Å². The Morgan fingerprint density at radius 3 is 2.89 bits per heavy atom. The van der Waals surface area contributed by atoms with Crippen molar-refractivity contribution >= 4 is 39.2 Å². The van der Waals surface area contributed by atoms with Gasteiger partial charge in [-0.15, -0.1) is 11.3 Å². The van der Waals surface area contributed by atoms with Crippen LogP contribution in [0.15, 0.2) is 17.4 Å². The van der Waals surface area contributed by atoms with E-state index in [0.29, 0.717) is 11.5 Å². The van der Waals surface area contributed by atoms with E-state index in [2.05, 4.69) is 48.6 Å². The van der Waals surface area contributed by atoms with Crippen LogP contribution in [0, 0.1) is 10.8 Å². The van der Waals surface area contributed by atoms with Gasteiger partial charge in [-0.3, -0.25) is 4.79 Å². The summed E-state index contributed by atoms with van der Waals surface area (Å²) in [4.78, 5) is 26.7. The van der Waals surface area contributed by atoms with Crippen LogP contribution in [0.3, 0.4) is 0 Å². The fraction of sp³-hybridized carbons (Fsp3) is 0.667. The number of likely N-dealkylation sites (tertiary alicyclic amines) is 1. The van der Waals surface area contributed by atoms with Crippen molar-refractivity contribution in [2.24, 2.45) is 10.8 Å². The molecule has 4 rings (SSSR count). The smallest absolute Gasteiger partial charge is 0.236 e. The van der Waals surface area contributed by atoms with E-state index < -0.39 is 0 Å². The first-order valence-corrected chi connectivity index (χ1v) is 11.6. The zero-order chi connectivity index (χ0) is 19.4. The molecule has 1 saturated carbocycles. The lowest BCUT2D eigenvalue weighted by atomic mass is 9.65. The minimum absolute atomic E-state index is 0.126. The Morgan fingerprint density at radius 2 is 2.15 bits per heavy atom. The SMILES string of the molecule is CCc1cc2c(SC(C)C(=O)N3CC4(C)CC3CC(C)(C)C4)ncnc2s1. The summed E-state index contributed by atoms with van der Waals surface area (Å²) in [5, 5.41) is 1.90. The molecule has 27 heavy (non-hydrogen) atoms. The molecular weight excluding hydrogens is 374 g/mol. The Hall–Kier alpha value is -1.14. The molecule has 2 bridgehead atoms. The lowest BCUT2D eigenvalue weighted by Gasteiger charge is -2.39. The summed E-state index contributed by atoms with van der Waals surface area (Å²) >= 11 is 3.31. The van der Waals surface area contributed by atoms with Crippen LogP contribution in [-0.4, -0.2) is 38.6 Å². The Kier molecular flexibility index (Phi) is 4.78. The van der Waals surface area contributed by atoms with Crippen molar-refractivity contribution in [1.29, 1.82) is 0 Å². The topological polar surface area (TPSA) is 46.1 Å². The second-order valence-corrected chi connectivity index (χ2v) is 11.8. The van der Waals surface area contributed by atoms with E-state index in [0.717, 1.165) is 41.0 Å². The molecule has 1 saturated heterocycles. The molecule has 2 aromatic rings. The number of thiophene rings is 1. The Balaban J connectivity index is 1.53. The number of rotatable bonds is 4. The lowest BCUT2D eigenvalue weighted by molar-refractivity contribution is -0.131. The molecule has 0 aromatic carbocycles. The first-order valence-electron chi connectivity index (χ1n) is 9.90. The average Bonchev–Trinajstić information content (AvgIpc) is 3.11. The molecule has 1 aliphatic heterocycles. The normalized spacial score (nSPS) is 27.9. The number of hydrogen-bond donors (Lipinski definition) is 0. The Labute approximate surface area is 170 Å². The van der Waals surface area contributed by atoms with Crippen molar-refractivity contribution in [3.8, 4) is 0 Å². The molecule has 2 fully saturated rings. The minimum atomic E-state index is -0.126. The quantitative estimate of drug-likeness (QED) is 0.522. The number of hydrogen-bond acceptors (Lipinski definition) is 5. The predicted molar refractivity (Wildman–Crippen MR) is 113 cm³/mol. The van der Waals surface area contributed by atoms with Crippen LogP contribution in [0.5, 0.6) is 0 Å². The van der Waals surface area contributed by atoms with Gasteiger partial charge in [0.25, 0.3) is 0 Å². The standard InChI is InChI=1S/C21H29N3OS2/c1-6-15-7-16-17(22-12-23-18(16)27-15)26-13(2)19(25)24-11-21(5)9-14(24)8-20(3,4)10-21/h7,12-14H,6,8-11H2,1-5H3. The van der Waals surface area contributed by atoms with Crippen LogP contribution in [0.2, 0.25) is 0 Å². The molecular formula is C21H29N3OS2. The highest BCUT2D eigenvalue weighted by Crippen LogP contribution is 2.52. The summed E-state index contributed by atoms with van der Waals surface area (Å²) in [5.74, 6) is 0.268. The van der Waals surface area contributed by atoms with Crippen LogP contribution in [-0.2, 0) is 11.2 Å². The summed E-state index contributed by atoms with van der Waals surface area (Å²) in [5.41, 5.74) is 0.604. The maximum absolute atomic E-state index is 13.3. The number of carbonyl (C=O) groups excluding carboxylic acids is 1. The first kappa shape index (κ1) is 19.2. The fourth-order valence-electron chi connectivity index (χ4n) is 5.32. The molecule has 2 aliphatic rings. The summed E-state index contributed by atoms with van der Waals surface area (Å²) in [7, 11) is 0. The second kappa shape index (κ2) is 6.73. The molecule has 4 nitrogen and oxygen atoms in total. The van der Waals surface area contributed by atoms with E-state index in [9.17, 15) is 4.79 Å². The van der Waals surface area contributed by atoms with E-state index in [-0.39, 0.29) is 16.6 Å². The van der Waals surface area contributed by atoms with Crippen molar-refractivity contribution < 1.29 is 4.79 Å². The van der Waals surface area contributed by atoms with Gasteiger partial charge in [-0.1, -0.05) is 39.5 Å². The lowest BCUT2D eigenvalue weighted by Crippen LogP contribution is -2.41. The number of aromatic nitrogens is 2. The third-order valence-electron chi connectivity index (χ3n) is 6.03. The van der Waals surface area contributed by atoms with Crippen LogP contribution >= 0.6 is 23.1 Å². The highest BCUT2D eigenvalue weighted by molar-refractivity contribution is 8.00. The minimum Gasteiger partial charge on any atom is -0.338 e. The van der Waals surface area contributed by atoms with Crippen LogP contribution in [0.25, 0.3) is 10.2 Å². The molecule has 0 spiro atoms. The molecule has 0 N–H and O–H groups in total. The van der Waals surface area contributed by atoms with Crippen molar-refractivity contribution in [2.45, 2.75) is 76.6 Å². The van der Waals surface area contributed by atoms with E-state index in [4.69, 9.17) is 0 Å². The van der Waals surface area contributed by atoms with E-state index in [1.807, 2.05) is 6.92 Å². The largest absolute Gasteiger partial charge is 0.338 e. The zero-order valence-corrected chi connectivity index (χ0v) is 18.5.